The zero-order chi connectivity index (χ0) is 30.7. The first-order chi connectivity index (χ1) is 22.8. The van der Waals surface area contributed by atoms with Gasteiger partial charge in [-0.05, 0) is 42.5 Å². The Labute approximate surface area is 280 Å². The summed E-state index contributed by atoms with van der Waals surface area (Å²) in [5.41, 5.74) is 6.39. The van der Waals surface area contributed by atoms with Crippen LogP contribution in [0.2, 0.25) is 0 Å². The topological polar surface area (TPSA) is 184 Å². The van der Waals surface area contributed by atoms with Crippen molar-refractivity contribution in [2.45, 2.75) is 12.0 Å². The molecule has 13 nitrogen and oxygen atoms in total. The third-order valence-corrected chi connectivity index (χ3v) is 7.70. The second-order valence-corrected chi connectivity index (χ2v) is 10.5. The van der Waals surface area contributed by atoms with Crippen molar-refractivity contribution in [3.8, 4) is 45.9 Å². The predicted molar refractivity (Wildman–Crippen MR) is 175 cm³/mol. The Morgan fingerprint density at radius 2 is 1.28 bits per heavy atom. The molecule has 0 fully saturated rings. The molecule has 47 heavy (non-hydrogen) atoms. The summed E-state index contributed by atoms with van der Waals surface area (Å²) in [7, 11) is 0. The van der Waals surface area contributed by atoms with E-state index in [1.807, 2.05) is 30.8 Å². The second kappa shape index (κ2) is 13.2. The van der Waals surface area contributed by atoms with E-state index in [0.29, 0.717) is 0 Å². The van der Waals surface area contributed by atoms with E-state index < -0.39 is 0 Å². The molecule has 0 spiro atoms. The fraction of sp³-hybridized carbons (Fsp3) is 0.0606. The number of fused-ring (bicyclic) bond motifs is 7. The number of hydrogen-bond donors (Lipinski definition) is 6. The largest absolute Gasteiger partial charge is 3.00 e. The summed E-state index contributed by atoms with van der Waals surface area (Å²) < 4.78 is 0. The molecule has 8 aromatic rings. The number of aliphatic imine (C=N–C) groups is 1. The van der Waals surface area contributed by atoms with Crippen LogP contribution in [0.15, 0.2) is 116 Å². The van der Waals surface area contributed by atoms with Crippen molar-refractivity contribution in [2.75, 3.05) is 0 Å². The fourth-order valence-electron chi connectivity index (χ4n) is 5.61. The number of benzene rings is 1. The van der Waals surface area contributed by atoms with Gasteiger partial charge in [-0.3, -0.25) is 9.98 Å². The Hall–Kier alpha value is -6.01. The maximum atomic E-state index is 4.95. The number of pyridine rings is 1. The number of H-pyrrole nitrogens is 6. The molecular formula is C33H27N13Ru+3. The zero-order valence-electron chi connectivity index (χ0n) is 24.6. The molecule has 0 bridgehead atoms. The van der Waals surface area contributed by atoms with E-state index in [1.54, 1.807) is 49.6 Å². The average Bonchev–Trinajstić information content (AvgIpc) is 3.96. The van der Waals surface area contributed by atoms with E-state index >= 15 is 0 Å². The molecule has 1 aliphatic heterocycles. The van der Waals surface area contributed by atoms with Gasteiger partial charge in [-0.25, -0.2) is 24.9 Å². The number of hydrogen-bond acceptors (Lipinski definition) is 7. The summed E-state index contributed by atoms with van der Waals surface area (Å²) in [6, 6.07) is 12.5. The smallest absolute Gasteiger partial charge is 0.361 e. The van der Waals surface area contributed by atoms with Gasteiger partial charge >= 0.3 is 19.5 Å². The molecule has 0 saturated heterocycles. The monoisotopic (exact) mass is 707 g/mol. The minimum Gasteiger partial charge on any atom is -0.361 e. The molecule has 2 atom stereocenters. The summed E-state index contributed by atoms with van der Waals surface area (Å²) in [6.45, 7) is 0. The van der Waals surface area contributed by atoms with Crippen molar-refractivity contribution in [1.29, 1.82) is 0 Å². The van der Waals surface area contributed by atoms with Gasteiger partial charge in [-0.15, -0.1) is 0 Å². The minimum atomic E-state index is 0. The summed E-state index contributed by atoms with van der Waals surface area (Å²) >= 11 is 0. The van der Waals surface area contributed by atoms with Gasteiger partial charge in [-0.2, -0.15) is 0 Å². The molecule has 14 heteroatoms. The van der Waals surface area contributed by atoms with Gasteiger partial charge in [0.1, 0.15) is 11.9 Å². The molecule has 1 aliphatic carbocycles. The van der Waals surface area contributed by atoms with Crippen LogP contribution in [0.4, 0.5) is 0 Å². The van der Waals surface area contributed by atoms with Gasteiger partial charge in [0.15, 0.2) is 23.3 Å². The molecule has 7 aromatic heterocycles. The van der Waals surface area contributed by atoms with E-state index in [4.69, 9.17) is 4.98 Å². The van der Waals surface area contributed by atoms with Crippen molar-refractivity contribution >= 4 is 17.1 Å². The number of dihydropyridines is 1. The summed E-state index contributed by atoms with van der Waals surface area (Å²) in [5, 5.41) is 1.18. The van der Waals surface area contributed by atoms with Crippen LogP contribution in [0.3, 0.4) is 0 Å². The van der Waals surface area contributed by atoms with Crippen LogP contribution in [0.25, 0.3) is 56.8 Å². The van der Waals surface area contributed by atoms with Gasteiger partial charge < -0.3 is 29.9 Å². The first kappa shape index (κ1) is 29.7. The first-order valence-corrected chi connectivity index (χ1v) is 14.6. The summed E-state index contributed by atoms with van der Waals surface area (Å²) in [5.74, 6) is 4.11. The standard InChI is InChI=1S/C21H15N5.2C6H6N4.Ru/c1-3-14-17(23-8-1)18-15(4-2-9-24-18)20-19(14)25-21(26-20)13-5-6-16-12(11-13)7-10-22-16;2*1-2-8-5(7-1)6-9-3-4-10-6;/h1-11,14,17,22H,(H,25,26);2*1-4H,(H,7,8)(H,9,10);/q;;;+3. The summed E-state index contributed by atoms with van der Waals surface area (Å²) in [6.07, 6.45) is 23.7. The van der Waals surface area contributed by atoms with Crippen molar-refractivity contribution < 1.29 is 19.5 Å². The Morgan fingerprint density at radius 1 is 0.617 bits per heavy atom. The van der Waals surface area contributed by atoms with Gasteiger partial charge in [0.05, 0.1) is 17.1 Å². The van der Waals surface area contributed by atoms with Crippen LogP contribution in [-0.4, -0.2) is 66.0 Å². The normalized spacial score (nSPS) is 15.3. The van der Waals surface area contributed by atoms with Crippen molar-refractivity contribution in [2.24, 2.45) is 4.99 Å². The van der Waals surface area contributed by atoms with E-state index in [2.05, 4.69) is 96.2 Å². The molecule has 229 valence electrons. The molecule has 10 rings (SSSR count). The molecular weight excluding hydrogens is 680 g/mol. The summed E-state index contributed by atoms with van der Waals surface area (Å²) in [4.78, 5) is 48.8. The van der Waals surface area contributed by atoms with E-state index in [-0.39, 0.29) is 31.4 Å². The number of rotatable bonds is 3. The Bertz CT molecular complexity index is 2090. The van der Waals surface area contributed by atoms with Gasteiger partial charge in [0, 0.05) is 96.1 Å². The van der Waals surface area contributed by atoms with Gasteiger partial charge in [0.2, 0.25) is 0 Å². The molecule has 0 amide bonds. The maximum absolute atomic E-state index is 4.95. The zero-order valence-corrected chi connectivity index (χ0v) is 26.3. The number of imidazole rings is 5. The van der Waals surface area contributed by atoms with Crippen LogP contribution in [-0.2, 0) is 19.5 Å². The third kappa shape index (κ3) is 5.89. The molecule has 8 heterocycles. The molecule has 1 radical (unpaired) electrons. The van der Waals surface area contributed by atoms with E-state index in [0.717, 1.165) is 62.8 Å². The number of nitrogens with zero attached hydrogens (tertiary/aromatic N) is 7. The predicted octanol–water partition coefficient (Wildman–Crippen LogP) is 6.00. The van der Waals surface area contributed by atoms with Crippen LogP contribution in [0, 0.1) is 0 Å². The Kier molecular flexibility index (Phi) is 8.31. The molecule has 2 aliphatic rings. The van der Waals surface area contributed by atoms with Crippen molar-refractivity contribution in [3.63, 3.8) is 0 Å². The molecule has 2 unspecified atom stereocenters. The number of aromatic nitrogens is 12. The van der Waals surface area contributed by atoms with Crippen LogP contribution >= 0.6 is 0 Å². The average molecular weight is 707 g/mol. The number of aromatic amines is 6. The van der Waals surface area contributed by atoms with Crippen molar-refractivity contribution in [3.05, 3.63) is 122 Å². The maximum Gasteiger partial charge on any atom is 3.00 e. The number of allylic oxidation sites excluding steroid dienone is 1. The van der Waals surface area contributed by atoms with E-state index in [1.165, 1.54) is 5.39 Å². The number of nitrogens with one attached hydrogen (secondary N) is 6. The van der Waals surface area contributed by atoms with E-state index in [9.17, 15) is 0 Å². The Balaban J connectivity index is 0.000000137. The fourth-order valence-corrected chi connectivity index (χ4v) is 5.61. The SMILES string of the molecule is C1=CC2c3[nH]c(-c4ccc5[nH]ccc5c4)nc3-c3cccnc3C2N=C1.[Ru+3].c1c[nH]c(-c2ncc[nH]2)n1.c1c[nH]c(-c2ncc[nH]2)n1. The molecule has 6 N–H and O–H groups in total. The van der Waals surface area contributed by atoms with Gasteiger partial charge in [-0.1, -0.05) is 6.08 Å². The second-order valence-electron chi connectivity index (χ2n) is 10.5. The van der Waals surface area contributed by atoms with Crippen LogP contribution in [0.5, 0.6) is 0 Å². The van der Waals surface area contributed by atoms with Crippen LogP contribution < -0.4 is 0 Å². The van der Waals surface area contributed by atoms with Gasteiger partial charge in [0.25, 0.3) is 0 Å². The first-order valence-electron chi connectivity index (χ1n) is 14.6. The quantitative estimate of drug-likeness (QED) is 0.123. The van der Waals surface area contributed by atoms with Crippen LogP contribution in [0.1, 0.15) is 23.3 Å². The van der Waals surface area contributed by atoms with Crippen molar-refractivity contribution in [1.82, 2.24) is 59.8 Å². The Morgan fingerprint density at radius 3 is 1.89 bits per heavy atom. The molecule has 1 aromatic carbocycles. The molecule has 0 saturated carbocycles. The minimum absolute atomic E-state index is 0. The third-order valence-electron chi connectivity index (χ3n) is 7.70.